The van der Waals surface area contributed by atoms with Gasteiger partial charge in [0.2, 0.25) is 0 Å². The summed E-state index contributed by atoms with van der Waals surface area (Å²) in [5.74, 6) is 0.390. The van der Waals surface area contributed by atoms with Crippen LogP contribution in [0.1, 0.15) is 41.7 Å². The Labute approximate surface area is 297 Å². The molecule has 6 heterocycles. The lowest BCUT2D eigenvalue weighted by Crippen LogP contribution is -2.53. The van der Waals surface area contributed by atoms with Crippen molar-refractivity contribution in [2.75, 3.05) is 57.8 Å². The zero-order valence-corrected chi connectivity index (χ0v) is 29.1. The van der Waals surface area contributed by atoms with Gasteiger partial charge in [0.05, 0.1) is 36.3 Å². The number of aromatic nitrogens is 3. The van der Waals surface area contributed by atoms with Crippen LogP contribution >= 0.6 is 22.9 Å². The van der Waals surface area contributed by atoms with Crippen molar-refractivity contribution >= 4 is 57.5 Å². The monoisotopic (exact) mass is 717 g/mol. The number of aromatic amines is 1. The van der Waals surface area contributed by atoms with E-state index in [1.165, 1.54) is 49.8 Å². The molecule has 0 bridgehead atoms. The maximum absolute atomic E-state index is 14.1. The van der Waals surface area contributed by atoms with Crippen LogP contribution in [-0.2, 0) is 16.1 Å². The number of methoxy groups -OCH3 is 1. The van der Waals surface area contributed by atoms with Gasteiger partial charge in [-0.05, 0) is 56.3 Å². The first-order valence-electron chi connectivity index (χ1n) is 16.9. The van der Waals surface area contributed by atoms with Crippen molar-refractivity contribution in [3.05, 3.63) is 86.5 Å². The normalized spacial score (nSPS) is 21.8. The molecule has 0 radical (unpaired) electrons. The van der Waals surface area contributed by atoms with Crippen molar-refractivity contribution in [2.24, 2.45) is 4.99 Å². The van der Waals surface area contributed by atoms with Crippen molar-refractivity contribution < 1.29 is 18.7 Å². The van der Waals surface area contributed by atoms with E-state index in [0.717, 1.165) is 42.2 Å². The Morgan fingerprint density at radius 2 is 1.92 bits per heavy atom. The van der Waals surface area contributed by atoms with Gasteiger partial charge in [-0.15, -0.1) is 11.3 Å². The highest BCUT2D eigenvalue weighted by atomic mass is 35.5. The van der Waals surface area contributed by atoms with Gasteiger partial charge in [-0.25, -0.2) is 23.9 Å². The van der Waals surface area contributed by atoms with E-state index >= 15 is 0 Å². The number of H-pyrrole nitrogens is 1. The second-order valence-corrected chi connectivity index (χ2v) is 14.4. The molecule has 2 N–H and O–H groups in total. The number of benzene rings is 2. The fourth-order valence-corrected chi connectivity index (χ4v) is 8.30. The van der Waals surface area contributed by atoms with E-state index in [1.807, 2.05) is 33.4 Å². The molecule has 3 saturated heterocycles. The van der Waals surface area contributed by atoms with Gasteiger partial charge in [0, 0.05) is 66.3 Å². The van der Waals surface area contributed by atoms with Crippen LogP contribution in [0.4, 0.5) is 14.9 Å². The number of amides is 2. The Morgan fingerprint density at radius 1 is 1.06 bits per heavy atom. The van der Waals surface area contributed by atoms with Crippen molar-refractivity contribution in [1.29, 1.82) is 0 Å². The van der Waals surface area contributed by atoms with Crippen LogP contribution in [-0.4, -0.2) is 106 Å². The summed E-state index contributed by atoms with van der Waals surface area (Å²) in [6.45, 7) is 5.62. The number of halogens is 2. The third-order valence-corrected chi connectivity index (χ3v) is 11.0. The summed E-state index contributed by atoms with van der Waals surface area (Å²) < 4.78 is 19.3. The molecule has 12 nitrogen and oxygen atoms in total. The summed E-state index contributed by atoms with van der Waals surface area (Å²) in [5.41, 5.74) is 4.03. The average molecular weight is 718 g/mol. The molecule has 0 saturated carbocycles. The largest absolute Gasteiger partial charge is 0.466 e. The van der Waals surface area contributed by atoms with Crippen LogP contribution in [0.3, 0.4) is 0 Å². The molecule has 4 aliphatic heterocycles. The molecule has 50 heavy (non-hydrogen) atoms. The van der Waals surface area contributed by atoms with E-state index in [0.29, 0.717) is 60.4 Å². The number of amidine groups is 1. The number of ether oxygens (including phenoxy) is 1. The fraction of sp³-hybridized carbons (Fsp3) is 0.400. The SMILES string of the molecule is COC(=O)C1=C(CN2CCN3C(=O)N(c4ccc5nc(CN6CCCCC6)[nH]c5c4)C[C@@H]3C2)NC(c2nccs2)=N[C@H]1c1ccc(F)cc1Cl. The van der Waals surface area contributed by atoms with Crippen LogP contribution in [0.15, 0.2) is 64.2 Å². The number of nitrogens with one attached hydrogen (secondary N) is 2. The van der Waals surface area contributed by atoms with Crippen LogP contribution in [0, 0.1) is 5.82 Å². The number of thiazole rings is 1. The van der Waals surface area contributed by atoms with Gasteiger partial charge < -0.3 is 19.9 Å². The minimum absolute atomic E-state index is 0.0171. The molecule has 4 aliphatic rings. The zero-order valence-electron chi connectivity index (χ0n) is 27.6. The number of piperazine rings is 1. The maximum Gasteiger partial charge on any atom is 0.338 e. The lowest BCUT2D eigenvalue weighted by atomic mass is 9.95. The molecule has 2 amide bonds. The highest BCUT2D eigenvalue weighted by Crippen LogP contribution is 2.37. The van der Waals surface area contributed by atoms with Gasteiger partial charge in [-0.1, -0.05) is 24.1 Å². The molecule has 2 atom stereocenters. The topological polar surface area (TPSA) is 122 Å². The first-order valence-corrected chi connectivity index (χ1v) is 18.1. The van der Waals surface area contributed by atoms with Gasteiger partial charge in [-0.2, -0.15) is 0 Å². The van der Waals surface area contributed by atoms with Crippen molar-refractivity contribution in [2.45, 2.75) is 37.9 Å². The van der Waals surface area contributed by atoms with Gasteiger partial charge in [0.1, 0.15) is 17.7 Å². The van der Waals surface area contributed by atoms with E-state index in [1.54, 1.807) is 12.3 Å². The number of likely N-dealkylation sites (tertiary alicyclic amines) is 1. The number of piperidine rings is 1. The second-order valence-electron chi connectivity index (χ2n) is 13.1. The van der Waals surface area contributed by atoms with E-state index < -0.39 is 17.8 Å². The number of hydrogen-bond acceptors (Lipinski definition) is 10. The van der Waals surface area contributed by atoms with Gasteiger partial charge in [0.25, 0.3) is 0 Å². The minimum Gasteiger partial charge on any atom is -0.466 e. The van der Waals surface area contributed by atoms with Crippen LogP contribution in [0.25, 0.3) is 11.0 Å². The van der Waals surface area contributed by atoms with Crippen molar-refractivity contribution in [1.82, 2.24) is 35.0 Å². The average Bonchev–Trinajstić information content (AvgIpc) is 3.87. The van der Waals surface area contributed by atoms with E-state index in [2.05, 4.69) is 25.1 Å². The first kappa shape index (κ1) is 32.8. The van der Waals surface area contributed by atoms with Crippen molar-refractivity contribution in [3.63, 3.8) is 0 Å². The Hall–Kier alpha value is -4.37. The van der Waals surface area contributed by atoms with E-state index in [4.69, 9.17) is 26.3 Å². The highest BCUT2D eigenvalue weighted by Gasteiger charge is 2.42. The van der Waals surface area contributed by atoms with Crippen LogP contribution in [0.2, 0.25) is 5.02 Å². The third-order valence-electron chi connectivity index (χ3n) is 9.89. The second kappa shape index (κ2) is 13.7. The molecular weight excluding hydrogens is 681 g/mol. The summed E-state index contributed by atoms with van der Waals surface area (Å²) in [6, 6.07) is 9.14. The number of rotatable bonds is 8. The standard InChI is InChI=1S/C35H37ClFN9O3S/c1-49-34(47)30-28(41-32(33-38-9-14-50-33)42-31(30)24-7-5-21(37)15-25(24)36)19-44-12-13-45-23(17-44)18-46(35(45)48)22-6-8-26-27(16-22)40-29(39-26)20-43-10-3-2-4-11-43/h5-9,14-16,23,31H,2-4,10-13,17-20H2,1H3,(H,39,40)(H,41,42)/t23-,31-/m0/s1. The number of anilines is 1. The molecule has 260 valence electrons. The Kier molecular flexibility index (Phi) is 9.02. The zero-order chi connectivity index (χ0) is 34.4. The number of imidazole rings is 1. The first-order chi connectivity index (χ1) is 24.3. The Balaban J connectivity index is 1.02. The number of carbonyl (C=O) groups is 2. The fourth-order valence-electron chi connectivity index (χ4n) is 7.45. The number of carbonyl (C=O) groups excluding carboxylic acids is 2. The smallest absolute Gasteiger partial charge is 0.338 e. The lowest BCUT2D eigenvalue weighted by molar-refractivity contribution is -0.136. The van der Waals surface area contributed by atoms with Crippen LogP contribution in [0.5, 0.6) is 0 Å². The molecule has 3 fully saturated rings. The number of esters is 1. The minimum atomic E-state index is -0.840. The van der Waals surface area contributed by atoms with Gasteiger partial charge in [-0.3, -0.25) is 19.7 Å². The summed E-state index contributed by atoms with van der Waals surface area (Å²) in [6.07, 6.45) is 5.43. The summed E-state index contributed by atoms with van der Waals surface area (Å²) in [4.78, 5) is 53.1. The molecule has 4 aromatic rings. The Morgan fingerprint density at radius 3 is 2.70 bits per heavy atom. The molecule has 8 rings (SSSR count). The molecule has 2 aromatic carbocycles. The molecule has 0 spiro atoms. The van der Waals surface area contributed by atoms with E-state index in [9.17, 15) is 14.0 Å². The maximum atomic E-state index is 14.1. The van der Waals surface area contributed by atoms with Crippen LogP contribution < -0.4 is 10.2 Å². The van der Waals surface area contributed by atoms with Crippen molar-refractivity contribution in [3.8, 4) is 0 Å². The summed E-state index contributed by atoms with van der Waals surface area (Å²) in [7, 11) is 1.32. The molecule has 0 unspecified atom stereocenters. The predicted molar refractivity (Wildman–Crippen MR) is 190 cm³/mol. The van der Waals surface area contributed by atoms with E-state index in [-0.39, 0.29) is 17.1 Å². The number of aliphatic imine (C=N–C) groups is 1. The molecule has 0 aliphatic carbocycles. The molecular formula is C35H37ClFN9O3S. The number of urea groups is 1. The predicted octanol–water partition coefficient (Wildman–Crippen LogP) is 4.94. The van der Waals surface area contributed by atoms with Gasteiger partial charge >= 0.3 is 12.0 Å². The summed E-state index contributed by atoms with van der Waals surface area (Å²) >= 11 is 7.93. The Bertz CT molecular complexity index is 1990. The number of hydrogen-bond donors (Lipinski definition) is 2. The van der Waals surface area contributed by atoms with Gasteiger partial charge in [0.15, 0.2) is 10.8 Å². The molecule has 15 heteroatoms. The highest BCUT2D eigenvalue weighted by molar-refractivity contribution is 7.11. The summed E-state index contributed by atoms with van der Waals surface area (Å²) in [5, 5.41) is 6.01. The third kappa shape index (κ3) is 6.36. The number of fused-ring (bicyclic) bond motifs is 2. The number of nitrogens with zero attached hydrogens (tertiary/aromatic N) is 7. The molecule has 2 aromatic heterocycles. The lowest BCUT2D eigenvalue weighted by Gasteiger charge is -2.38. The quantitative estimate of drug-likeness (QED) is 0.246.